The van der Waals surface area contributed by atoms with Crippen molar-refractivity contribution >= 4 is 29.1 Å². The van der Waals surface area contributed by atoms with Gasteiger partial charge in [-0.3, -0.25) is 9.59 Å². The Kier molecular flexibility index (Phi) is 7.33. The van der Waals surface area contributed by atoms with Crippen molar-refractivity contribution in [1.29, 1.82) is 0 Å². The van der Waals surface area contributed by atoms with E-state index < -0.39 is 12.3 Å². The second-order valence-electron chi connectivity index (χ2n) is 6.01. The first-order valence-electron chi connectivity index (χ1n) is 8.29. The number of methoxy groups -OCH3 is 1. The SMILES string of the molecule is COc1ccc(Cl)cc1NC(=O)CN(C)C(=O)Cc1ccc(OC(F)(F)F)cc1. The van der Waals surface area contributed by atoms with Gasteiger partial charge in [0.15, 0.2) is 0 Å². The van der Waals surface area contributed by atoms with Crippen LogP contribution in [-0.2, 0) is 16.0 Å². The summed E-state index contributed by atoms with van der Waals surface area (Å²) in [5.41, 5.74) is 0.847. The molecule has 0 aromatic heterocycles. The van der Waals surface area contributed by atoms with Crippen molar-refractivity contribution < 1.29 is 32.2 Å². The highest BCUT2D eigenvalue weighted by Crippen LogP contribution is 2.27. The molecular weight excluding hydrogens is 413 g/mol. The second kappa shape index (κ2) is 9.51. The van der Waals surface area contributed by atoms with Gasteiger partial charge in [-0.2, -0.15) is 0 Å². The van der Waals surface area contributed by atoms with E-state index in [0.29, 0.717) is 22.0 Å². The van der Waals surface area contributed by atoms with Gasteiger partial charge in [0.1, 0.15) is 11.5 Å². The van der Waals surface area contributed by atoms with Crippen LogP contribution in [0.25, 0.3) is 0 Å². The minimum atomic E-state index is -4.78. The van der Waals surface area contributed by atoms with E-state index in [9.17, 15) is 22.8 Å². The molecular formula is C19H18ClF3N2O4. The largest absolute Gasteiger partial charge is 0.573 e. The molecule has 2 rings (SSSR count). The molecule has 0 bridgehead atoms. The van der Waals surface area contributed by atoms with Gasteiger partial charge in [0.05, 0.1) is 25.8 Å². The minimum absolute atomic E-state index is 0.0867. The number of carbonyl (C=O) groups excluding carboxylic acids is 2. The molecule has 10 heteroatoms. The van der Waals surface area contributed by atoms with E-state index in [-0.39, 0.29) is 24.6 Å². The van der Waals surface area contributed by atoms with Gasteiger partial charge in [0.25, 0.3) is 0 Å². The van der Waals surface area contributed by atoms with Crippen LogP contribution in [0.4, 0.5) is 18.9 Å². The zero-order chi connectivity index (χ0) is 21.6. The molecule has 0 aliphatic carbocycles. The Morgan fingerprint density at radius 1 is 1.14 bits per heavy atom. The van der Waals surface area contributed by atoms with E-state index >= 15 is 0 Å². The van der Waals surface area contributed by atoms with Crippen molar-refractivity contribution in [1.82, 2.24) is 4.90 Å². The fraction of sp³-hybridized carbons (Fsp3) is 0.263. The molecule has 0 radical (unpaired) electrons. The number of nitrogens with one attached hydrogen (secondary N) is 1. The summed E-state index contributed by atoms with van der Waals surface area (Å²) in [7, 11) is 2.89. The normalized spacial score (nSPS) is 11.0. The number of benzene rings is 2. The van der Waals surface area contributed by atoms with Gasteiger partial charge in [-0.15, -0.1) is 13.2 Å². The Morgan fingerprint density at radius 2 is 1.79 bits per heavy atom. The molecule has 156 valence electrons. The molecule has 2 aromatic rings. The maximum absolute atomic E-state index is 12.3. The Morgan fingerprint density at radius 3 is 2.38 bits per heavy atom. The number of carbonyl (C=O) groups is 2. The van der Waals surface area contributed by atoms with E-state index in [0.717, 1.165) is 12.1 Å². The van der Waals surface area contributed by atoms with Crippen LogP contribution in [0.1, 0.15) is 5.56 Å². The lowest BCUT2D eigenvalue weighted by Crippen LogP contribution is -2.35. The summed E-state index contributed by atoms with van der Waals surface area (Å²) in [6, 6.07) is 9.66. The van der Waals surface area contributed by atoms with Crippen molar-refractivity contribution in [3.8, 4) is 11.5 Å². The standard InChI is InChI=1S/C19H18ClF3N2O4/c1-25(11-17(26)24-15-10-13(20)5-8-16(15)28-2)18(27)9-12-3-6-14(7-4-12)29-19(21,22)23/h3-8,10H,9,11H2,1-2H3,(H,24,26). The second-order valence-corrected chi connectivity index (χ2v) is 6.45. The predicted molar refractivity (Wildman–Crippen MR) is 101 cm³/mol. The quantitative estimate of drug-likeness (QED) is 0.723. The summed E-state index contributed by atoms with van der Waals surface area (Å²) >= 11 is 5.91. The van der Waals surface area contributed by atoms with Crippen molar-refractivity contribution in [2.45, 2.75) is 12.8 Å². The number of anilines is 1. The van der Waals surface area contributed by atoms with E-state index in [1.54, 1.807) is 12.1 Å². The lowest BCUT2D eigenvalue weighted by atomic mass is 10.1. The summed E-state index contributed by atoms with van der Waals surface area (Å²) < 4.78 is 45.4. The molecule has 29 heavy (non-hydrogen) atoms. The molecule has 2 aromatic carbocycles. The number of rotatable bonds is 7. The lowest BCUT2D eigenvalue weighted by Gasteiger charge is -2.18. The smallest absolute Gasteiger partial charge is 0.495 e. The third-order valence-electron chi connectivity index (χ3n) is 3.75. The van der Waals surface area contributed by atoms with Crippen molar-refractivity contribution in [3.63, 3.8) is 0 Å². The highest BCUT2D eigenvalue weighted by atomic mass is 35.5. The lowest BCUT2D eigenvalue weighted by molar-refractivity contribution is -0.274. The number of hydrogen-bond acceptors (Lipinski definition) is 4. The summed E-state index contributed by atoms with van der Waals surface area (Å²) in [5.74, 6) is -0.812. The topological polar surface area (TPSA) is 67.9 Å². The van der Waals surface area contributed by atoms with Crippen LogP contribution in [0.3, 0.4) is 0 Å². The first kappa shape index (κ1) is 22.4. The number of likely N-dealkylation sites (N-methyl/N-ethyl adjacent to an activating group) is 1. The van der Waals surface area contributed by atoms with Crippen LogP contribution in [0, 0.1) is 0 Å². The number of alkyl halides is 3. The number of amides is 2. The highest BCUT2D eigenvalue weighted by molar-refractivity contribution is 6.31. The molecule has 2 amide bonds. The number of hydrogen-bond donors (Lipinski definition) is 1. The van der Waals surface area contributed by atoms with E-state index in [1.165, 1.54) is 37.3 Å². The van der Waals surface area contributed by atoms with Gasteiger partial charge in [-0.1, -0.05) is 23.7 Å². The molecule has 0 heterocycles. The van der Waals surface area contributed by atoms with Crippen LogP contribution >= 0.6 is 11.6 Å². The fourth-order valence-electron chi connectivity index (χ4n) is 2.39. The van der Waals surface area contributed by atoms with E-state index in [4.69, 9.17) is 16.3 Å². The molecule has 0 aliphatic rings. The van der Waals surface area contributed by atoms with Crippen LogP contribution in [0.5, 0.6) is 11.5 Å². The van der Waals surface area contributed by atoms with Crippen LogP contribution in [-0.4, -0.2) is 43.8 Å². The van der Waals surface area contributed by atoms with E-state index in [2.05, 4.69) is 10.1 Å². The van der Waals surface area contributed by atoms with Gasteiger partial charge < -0.3 is 19.7 Å². The minimum Gasteiger partial charge on any atom is -0.495 e. The van der Waals surface area contributed by atoms with Gasteiger partial charge >= 0.3 is 6.36 Å². The maximum Gasteiger partial charge on any atom is 0.573 e. The molecule has 0 unspecified atom stereocenters. The van der Waals surface area contributed by atoms with Gasteiger partial charge in [-0.05, 0) is 35.9 Å². The molecule has 0 fully saturated rings. The Balaban J connectivity index is 1.92. The molecule has 0 saturated heterocycles. The van der Waals surface area contributed by atoms with Gasteiger partial charge in [0.2, 0.25) is 11.8 Å². The third kappa shape index (κ3) is 7.19. The zero-order valence-electron chi connectivity index (χ0n) is 15.5. The number of halogens is 4. The third-order valence-corrected chi connectivity index (χ3v) is 3.99. The summed E-state index contributed by atoms with van der Waals surface area (Å²) in [5, 5.41) is 3.02. The summed E-state index contributed by atoms with van der Waals surface area (Å²) in [6.07, 6.45) is -4.87. The van der Waals surface area contributed by atoms with Crippen molar-refractivity contribution in [2.24, 2.45) is 0 Å². The molecule has 6 nitrogen and oxygen atoms in total. The molecule has 0 saturated carbocycles. The average Bonchev–Trinajstić information content (AvgIpc) is 2.62. The average molecular weight is 431 g/mol. The number of nitrogens with zero attached hydrogens (tertiary/aromatic N) is 1. The molecule has 1 N–H and O–H groups in total. The maximum atomic E-state index is 12.3. The molecule has 0 spiro atoms. The first-order chi connectivity index (χ1) is 13.6. The first-order valence-corrected chi connectivity index (χ1v) is 8.67. The van der Waals surface area contributed by atoms with Crippen molar-refractivity contribution in [2.75, 3.05) is 26.0 Å². The van der Waals surface area contributed by atoms with Crippen molar-refractivity contribution in [3.05, 3.63) is 53.1 Å². The predicted octanol–water partition coefficient (Wildman–Crippen LogP) is 3.89. The Bertz CT molecular complexity index is 873. The van der Waals surface area contributed by atoms with Gasteiger partial charge in [0, 0.05) is 12.1 Å². The molecule has 0 atom stereocenters. The fourth-order valence-corrected chi connectivity index (χ4v) is 2.56. The Hall–Kier alpha value is -2.94. The zero-order valence-corrected chi connectivity index (χ0v) is 16.3. The summed E-state index contributed by atoms with van der Waals surface area (Å²) in [6.45, 7) is -0.232. The summed E-state index contributed by atoms with van der Waals surface area (Å²) in [4.78, 5) is 25.7. The van der Waals surface area contributed by atoms with Crippen LogP contribution < -0.4 is 14.8 Å². The van der Waals surface area contributed by atoms with Crippen LogP contribution in [0.2, 0.25) is 5.02 Å². The van der Waals surface area contributed by atoms with Gasteiger partial charge in [-0.25, -0.2) is 0 Å². The van der Waals surface area contributed by atoms with E-state index in [1.807, 2.05) is 0 Å². The highest BCUT2D eigenvalue weighted by Gasteiger charge is 2.31. The monoisotopic (exact) mass is 430 g/mol. The number of ether oxygens (including phenoxy) is 2. The Labute approximate surface area is 170 Å². The molecule has 0 aliphatic heterocycles. The van der Waals surface area contributed by atoms with Crippen LogP contribution in [0.15, 0.2) is 42.5 Å².